The van der Waals surface area contributed by atoms with Crippen molar-refractivity contribution in [1.82, 2.24) is 0 Å². The second-order valence-electron chi connectivity index (χ2n) is 5.22. The Hall–Kier alpha value is -1.57. The molecule has 2 atom stereocenters. The highest BCUT2D eigenvalue weighted by Crippen LogP contribution is 2.34. The second-order valence-corrected chi connectivity index (χ2v) is 5.22. The Kier molecular flexibility index (Phi) is 3.41. The van der Waals surface area contributed by atoms with Crippen molar-refractivity contribution in [3.63, 3.8) is 0 Å². The number of benzene rings is 1. The van der Waals surface area contributed by atoms with Crippen LogP contribution >= 0.6 is 0 Å². The minimum Gasteiger partial charge on any atom is -0.392 e. The molecular formula is C15H18N2O2. The van der Waals surface area contributed by atoms with Gasteiger partial charge in [-0.05, 0) is 37.0 Å². The number of hydrogen-bond donors (Lipinski definition) is 1. The fourth-order valence-electron chi connectivity index (χ4n) is 3.25. The average molecular weight is 258 g/mol. The molecule has 1 aromatic rings. The summed E-state index contributed by atoms with van der Waals surface area (Å²) in [4.78, 5) is 2.32. The van der Waals surface area contributed by atoms with Gasteiger partial charge in [0, 0.05) is 6.54 Å². The highest BCUT2D eigenvalue weighted by atomic mass is 16.5. The first-order valence-electron chi connectivity index (χ1n) is 6.85. The van der Waals surface area contributed by atoms with E-state index < -0.39 is 0 Å². The van der Waals surface area contributed by atoms with Gasteiger partial charge in [0.05, 0.1) is 36.6 Å². The molecule has 3 rings (SSSR count). The minimum absolute atomic E-state index is 0.0237. The number of ether oxygens (including phenoxy) is 1. The third kappa shape index (κ3) is 2.20. The van der Waals surface area contributed by atoms with Crippen LogP contribution in [0.4, 0.5) is 5.69 Å². The molecule has 1 N–H and O–H groups in total. The van der Waals surface area contributed by atoms with Crippen LogP contribution < -0.4 is 4.90 Å². The number of nitrogens with zero attached hydrogens (tertiary/aromatic N) is 2. The Labute approximate surface area is 113 Å². The van der Waals surface area contributed by atoms with E-state index in [2.05, 4.69) is 11.0 Å². The standard InChI is InChI=1S/C15H18N2O2/c16-9-12-8-11(10-18)4-5-13(12)17-6-7-19-15-3-1-2-14(15)17/h4-5,8,14-15,18H,1-3,6-7,10H2. The molecule has 19 heavy (non-hydrogen) atoms. The van der Waals surface area contributed by atoms with E-state index in [-0.39, 0.29) is 6.61 Å². The molecule has 1 aromatic carbocycles. The molecular weight excluding hydrogens is 240 g/mol. The normalized spacial score (nSPS) is 26.0. The van der Waals surface area contributed by atoms with Crippen LogP contribution in [0.5, 0.6) is 0 Å². The van der Waals surface area contributed by atoms with Crippen LogP contribution in [-0.4, -0.2) is 30.4 Å². The Balaban J connectivity index is 1.94. The van der Waals surface area contributed by atoms with Crippen molar-refractivity contribution in [1.29, 1.82) is 5.26 Å². The third-order valence-electron chi connectivity index (χ3n) is 4.16. The van der Waals surface area contributed by atoms with Crippen LogP contribution in [0.1, 0.15) is 30.4 Å². The molecule has 1 aliphatic heterocycles. The zero-order valence-corrected chi connectivity index (χ0v) is 10.9. The average Bonchev–Trinajstić information content (AvgIpc) is 2.95. The molecule has 1 saturated carbocycles. The number of anilines is 1. The molecule has 1 aliphatic carbocycles. The predicted molar refractivity (Wildman–Crippen MR) is 71.8 cm³/mol. The van der Waals surface area contributed by atoms with Gasteiger partial charge in [0.15, 0.2) is 0 Å². The molecule has 0 amide bonds. The van der Waals surface area contributed by atoms with E-state index in [0.29, 0.717) is 17.7 Å². The van der Waals surface area contributed by atoms with Crippen molar-refractivity contribution in [3.8, 4) is 6.07 Å². The van der Waals surface area contributed by atoms with Gasteiger partial charge in [-0.1, -0.05) is 6.07 Å². The van der Waals surface area contributed by atoms with E-state index in [0.717, 1.165) is 37.2 Å². The van der Waals surface area contributed by atoms with E-state index >= 15 is 0 Å². The van der Waals surface area contributed by atoms with Gasteiger partial charge < -0.3 is 14.7 Å². The summed E-state index contributed by atoms with van der Waals surface area (Å²) in [6.07, 6.45) is 3.77. The second kappa shape index (κ2) is 5.20. The summed E-state index contributed by atoms with van der Waals surface area (Å²) in [6, 6.07) is 8.31. The van der Waals surface area contributed by atoms with Gasteiger partial charge in [0.25, 0.3) is 0 Å². The molecule has 2 aliphatic rings. The SMILES string of the molecule is N#Cc1cc(CO)ccc1N1CCOC2CCCC21. The summed E-state index contributed by atoms with van der Waals surface area (Å²) in [7, 11) is 0. The minimum atomic E-state index is -0.0237. The summed E-state index contributed by atoms with van der Waals surface area (Å²) in [5.74, 6) is 0. The lowest BCUT2D eigenvalue weighted by molar-refractivity contribution is 0.0256. The predicted octanol–water partition coefficient (Wildman–Crippen LogP) is 1.81. The first-order valence-corrected chi connectivity index (χ1v) is 6.85. The van der Waals surface area contributed by atoms with Crippen molar-refractivity contribution in [3.05, 3.63) is 29.3 Å². The number of morpholine rings is 1. The molecule has 100 valence electrons. The van der Waals surface area contributed by atoms with Crippen LogP contribution in [0.25, 0.3) is 0 Å². The van der Waals surface area contributed by atoms with E-state index in [4.69, 9.17) is 9.84 Å². The molecule has 0 radical (unpaired) electrons. The third-order valence-corrected chi connectivity index (χ3v) is 4.16. The van der Waals surface area contributed by atoms with Gasteiger partial charge in [-0.3, -0.25) is 0 Å². The van der Waals surface area contributed by atoms with Crippen molar-refractivity contribution < 1.29 is 9.84 Å². The largest absolute Gasteiger partial charge is 0.392 e. The maximum absolute atomic E-state index is 9.32. The summed E-state index contributed by atoms with van der Waals surface area (Å²) in [5, 5.41) is 18.5. The first-order chi connectivity index (χ1) is 9.33. The highest BCUT2D eigenvalue weighted by molar-refractivity contribution is 5.61. The highest BCUT2D eigenvalue weighted by Gasteiger charge is 2.36. The number of hydrogen-bond acceptors (Lipinski definition) is 4. The van der Waals surface area contributed by atoms with Gasteiger partial charge in [0.2, 0.25) is 0 Å². The number of fused-ring (bicyclic) bond motifs is 1. The fourth-order valence-corrected chi connectivity index (χ4v) is 3.25. The van der Waals surface area contributed by atoms with Gasteiger partial charge in [-0.15, -0.1) is 0 Å². The molecule has 1 heterocycles. The van der Waals surface area contributed by atoms with Gasteiger partial charge in [-0.25, -0.2) is 0 Å². The molecule has 2 unspecified atom stereocenters. The molecule has 0 bridgehead atoms. The summed E-state index contributed by atoms with van der Waals surface area (Å²) >= 11 is 0. The van der Waals surface area contributed by atoms with Crippen LogP contribution in [-0.2, 0) is 11.3 Å². The smallest absolute Gasteiger partial charge is 0.101 e. The van der Waals surface area contributed by atoms with Crippen molar-refractivity contribution in [2.45, 2.75) is 38.0 Å². The Morgan fingerprint density at radius 2 is 2.32 bits per heavy atom. The van der Waals surface area contributed by atoms with Crippen molar-refractivity contribution in [2.24, 2.45) is 0 Å². The fraction of sp³-hybridized carbons (Fsp3) is 0.533. The number of aliphatic hydroxyl groups excluding tert-OH is 1. The molecule has 0 aromatic heterocycles. The maximum Gasteiger partial charge on any atom is 0.101 e. The lowest BCUT2D eigenvalue weighted by Gasteiger charge is -2.39. The van der Waals surface area contributed by atoms with Crippen LogP contribution in [0.3, 0.4) is 0 Å². The van der Waals surface area contributed by atoms with Crippen molar-refractivity contribution in [2.75, 3.05) is 18.1 Å². The maximum atomic E-state index is 9.32. The van der Waals surface area contributed by atoms with Gasteiger partial charge in [0.1, 0.15) is 6.07 Å². The molecule has 4 nitrogen and oxygen atoms in total. The van der Waals surface area contributed by atoms with E-state index in [9.17, 15) is 5.26 Å². The van der Waals surface area contributed by atoms with Gasteiger partial charge in [-0.2, -0.15) is 5.26 Å². The first kappa shape index (κ1) is 12.5. The van der Waals surface area contributed by atoms with Crippen LogP contribution in [0.15, 0.2) is 18.2 Å². The van der Waals surface area contributed by atoms with E-state index in [1.54, 1.807) is 6.07 Å². The van der Waals surface area contributed by atoms with Crippen LogP contribution in [0.2, 0.25) is 0 Å². The number of nitriles is 1. The Morgan fingerprint density at radius 1 is 1.42 bits per heavy atom. The van der Waals surface area contributed by atoms with Crippen molar-refractivity contribution >= 4 is 5.69 Å². The van der Waals surface area contributed by atoms with Gasteiger partial charge >= 0.3 is 0 Å². The number of aliphatic hydroxyl groups is 1. The summed E-state index contributed by atoms with van der Waals surface area (Å²) in [6.45, 7) is 1.55. The van der Waals surface area contributed by atoms with Crippen LogP contribution in [0, 0.1) is 11.3 Å². The zero-order chi connectivity index (χ0) is 13.2. The van der Waals surface area contributed by atoms with E-state index in [1.165, 1.54) is 6.42 Å². The van der Waals surface area contributed by atoms with E-state index in [1.807, 2.05) is 12.1 Å². The summed E-state index contributed by atoms with van der Waals surface area (Å²) < 4.78 is 5.81. The Morgan fingerprint density at radius 3 is 3.11 bits per heavy atom. The quantitative estimate of drug-likeness (QED) is 0.879. The zero-order valence-electron chi connectivity index (χ0n) is 10.9. The lowest BCUT2D eigenvalue weighted by Crippen LogP contribution is -2.48. The molecule has 2 fully saturated rings. The molecule has 4 heteroatoms. The number of rotatable bonds is 2. The monoisotopic (exact) mass is 258 g/mol. The molecule has 1 saturated heterocycles. The summed E-state index contributed by atoms with van der Waals surface area (Å²) in [5.41, 5.74) is 2.43. The lowest BCUT2D eigenvalue weighted by atomic mass is 10.0. The molecule has 0 spiro atoms. The topological polar surface area (TPSA) is 56.5 Å². The Bertz CT molecular complexity index is 509.